The summed E-state index contributed by atoms with van der Waals surface area (Å²) in [7, 11) is 0. The van der Waals surface area contributed by atoms with E-state index in [0.717, 1.165) is 30.5 Å². The molecule has 5 nitrogen and oxygen atoms in total. The van der Waals surface area contributed by atoms with Crippen molar-refractivity contribution < 1.29 is 14.0 Å². The lowest BCUT2D eigenvalue weighted by Gasteiger charge is -2.46. The molecule has 1 heterocycles. The van der Waals surface area contributed by atoms with Crippen molar-refractivity contribution in [2.24, 2.45) is 5.92 Å². The lowest BCUT2D eigenvalue weighted by atomic mass is 10.00. The number of piperazine rings is 1. The molecule has 0 radical (unpaired) electrons. The van der Waals surface area contributed by atoms with E-state index in [9.17, 15) is 14.0 Å². The lowest BCUT2D eigenvalue weighted by molar-refractivity contribution is -0.123. The van der Waals surface area contributed by atoms with Gasteiger partial charge in [-0.05, 0) is 62.1 Å². The number of halogens is 2. The molecule has 1 amide bonds. The molecule has 1 N–H and O–H groups in total. The number of carbonyl (C=O) groups excluding carboxylic acids is 2. The summed E-state index contributed by atoms with van der Waals surface area (Å²) in [4.78, 5) is 28.9. The van der Waals surface area contributed by atoms with Crippen LogP contribution in [0.25, 0.3) is 0 Å². The first-order chi connectivity index (χ1) is 15.9. The van der Waals surface area contributed by atoms with Gasteiger partial charge in [0.25, 0.3) is 0 Å². The Morgan fingerprint density at radius 2 is 1.82 bits per heavy atom. The van der Waals surface area contributed by atoms with Gasteiger partial charge in [0.05, 0.1) is 12.1 Å². The minimum absolute atomic E-state index is 0.0488. The average molecular weight is 470 g/mol. The summed E-state index contributed by atoms with van der Waals surface area (Å²) in [6, 6.07) is 13.6. The van der Waals surface area contributed by atoms with Crippen molar-refractivity contribution in [3.63, 3.8) is 0 Å². The molecule has 0 bridgehead atoms. The Labute approximate surface area is 199 Å². The number of nitrogens with zero attached hydrogens (tertiary/aromatic N) is 2. The van der Waals surface area contributed by atoms with Crippen LogP contribution in [0.3, 0.4) is 0 Å². The largest absolute Gasteiger partial charge is 0.356 e. The Morgan fingerprint density at radius 1 is 1.15 bits per heavy atom. The Balaban J connectivity index is 1.52. The molecule has 33 heavy (non-hydrogen) atoms. The molecule has 2 aromatic carbocycles. The fourth-order valence-corrected chi connectivity index (χ4v) is 4.58. The van der Waals surface area contributed by atoms with Crippen LogP contribution in [0, 0.1) is 11.7 Å². The van der Waals surface area contributed by atoms with E-state index in [1.54, 1.807) is 12.1 Å². The van der Waals surface area contributed by atoms with Gasteiger partial charge in [-0.3, -0.25) is 9.69 Å². The minimum Gasteiger partial charge on any atom is -0.356 e. The summed E-state index contributed by atoms with van der Waals surface area (Å²) in [6.07, 6.45) is 1.87. The highest BCUT2D eigenvalue weighted by atomic mass is 35.5. The van der Waals surface area contributed by atoms with E-state index < -0.39 is 0 Å². The monoisotopic (exact) mass is 469 g/mol. The first-order valence-electron chi connectivity index (χ1n) is 11.4. The van der Waals surface area contributed by atoms with Gasteiger partial charge in [0.2, 0.25) is 5.91 Å². The van der Waals surface area contributed by atoms with E-state index >= 15 is 0 Å². The molecule has 4 rings (SSSR count). The molecule has 1 saturated heterocycles. The molecular weight excluding hydrogens is 441 g/mol. The third kappa shape index (κ3) is 5.64. The summed E-state index contributed by atoms with van der Waals surface area (Å²) >= 11 is 6.08. The maximum atomic E-state index is 13.3. The van der Waals surface area contributed by atoms with E-state index in [0.29, 0.717) is 23.8 Å². The van der Waals surface area contributed by atoms with Crippen LogP contribution in [0.5, 0.6) is 0 Å². The third-order valence-corrected chi connectivity index (χ3v) is 6.86. The van der Waals surface area contributed by atoms with Crippen molar-refractivity contribution in [1.29, 1.82) is 0 Å². The first-order valence-corrected chi connectivity index (χ1v) is 11.8. The highest BCUT2D eigenvalue weighted by molar-refractivity contribution is 6.30. The van der Waals surface area contributed by atoms with Crippen LogP contribution in [-0.2, 0) is 16.1 Å². The molecule has 0 aromatic heterocycles. The van der Waals surface area contributed by atoms with Crippen molar-refractivity contribution in [2.75, 3.05) is 13.1 Å². The topological polar surface area (TPSA) is 52.7 Å². The first kappa shape index (κ1) is 23.5. The maximum absolute atomic E-state index is 13.3. The highest BCUT2D eigenvalue weighted by Gasteiger charge is 2.37. The van der Waals surface area contributed by atoms with Gasteiger partial charge in [-0.2, -0.15) is 0 Å². The van der Waals surface area contributed by atoms with Crippen molar-refractivity contribution in [2.45, 2.75) is 51.4 Å². The second-order valence-corrected chi connectivity index (χ2v) is 9.54. The van der Waals surface area contributed by atoms with Gasteiger partial charge in [0.15, 0.2) is 0 Å². The molecule has 2 aromatic rings. The zero-order chi connectivity index (χ0) is 23.5. The number of amides is 1. The molecule has 174 valence electrons. The number of hydrogen-bond donors (Lipinski definition) is 1. The second kappa shape index (κ2) is 10.1. The predicted molar refractivity (Wildman–Crippen MR) is 127 cm³/mol. The van der Waals surface area contributed by atoms with Gasteiger partial charge in [0, 0.05) is 36.6 Å². The van der Waals surface area contributed by atoms with Crippen LogP contribution in [0.15, 0.2) is 54.2 Å². The smallest absolute Gasteiger partial charge is 0.223 e. The molecule has 3 atom stereocenters. The fourth-order valence-electron chi connectivity index (χ4n) is 4.45. The summed E-state index contributed by atoms with van der Waals surface area (Å²) in [5, 5.41) is 3.85. The Hall–Kier alpha value is -2.66. The van der Waals surface area contributed by atoms with Crippen molar-refractivity contribution in [1.82, 2.24) is 15.1 Å². The number of nitrogens with one attached hydrogen (secondary N) is 1. The second-order valence-electron chi connectivity index (χ2n) is 9.11. The normalized spacial score (nSPS) is 22.1. The standard InChI is InChI=1S/C26H29ClFN3O2/c1-17-13-30(18(2)25(16-32)31(17)14-19-3-11-23(28)12-4-19)15-24(29-26(33)21-5-6-21)20-7-9-22(27)10-8-20/h3-4,7-12,17-18,21,24H,5-6,13-15H2,1-2H3,(H,29,33)/t17-,18+,24?/m1/s1. The van der Waals surface area contributed by atoms with Crippen molar-refractivity contribution in [3.8, 4) is 0 Å². The van der Waals surface area contributed by atoms with Crippen LogP contribution in [0.4, 0.5) is 4.39 Å². The molecular formula is C26H29ClFN3O2. The van der Waals surface area contributed by atoms with Gasteiger partial charge in [-0.15, -0.1) is 0 Å². The molecule has 7 heteroatoms. The third-order valence-electron chi connectivity index (χ3n) is 6.61. The average Bonchev–Trinajstić information content (AvgIpc) is 3.64. The zero-order valence-corrected chi connectivity index (χ0v) is 19.7. The van der Waals surface area contributed by atoms with Gasteiger partial charge in [0.1, 0.15) is 17.5 Å². The summed E-state index contributed by atoms with van der Waals surface area (Å²) in [5.74, 6) is 2.06. The molecule has 1 saturated carbocycles. The van der Waals surface area contributed by atoms with Crippen molar-refractivity contribution >= 4 is 23.4 Å². The number of benzene rings is 2. The van der Waals surface area contributed by atoms with Crippen LogP contribution >= 0.6 is 11.6 Å². The molecule has 2 fully saturated rings. The van der Waals surface area contributed by atoms with Gasteiger partial charge in [-0.25, -0.2) is 9.18 Å². The predicted octanol–water partition coefficient (Wildman–Crippen LogP) is 4.36. The zero-order valence-electron chi connectivity index (χ0n) is 18.9. The van der Waals surface area contributed by atoms with E-state index in [1.807, 2.05) is 36.1 Å². The SMILES string of the molecule is C[C@@H]1CN(CC(NC(=O)C2CC2)c2ccc(Cl)cc2)[C@@H](C)C(=C=O)N1Cc1ccc(F)cc1. The van der Waals surface area contributed by atoms with Crippen molar-refractivity contribution in [3.05, 3.63) is 76.2 Å². The quantitative estimate of drug-likeness (QED) is 0.612. The van der Waals surface area contributed by atoms with Crippen LogP contribution in [0.1, 0.15) is 43.9 Å². The van der Waals surface area contributed by atoms with Crippen LogP contribution in [-0.4, -0.2) is 46.8 Å². The van der Waals surface area contributed by atoms with E-state index in [4.69, 9.17) is 11.6 Å². The van der Waals surface area contributed by atoms with E-state index in [1.165, 1.54) is 12.1 Å². The Morgan fingerprint density at radius 3 is 2.42 bits per heavy atom. The summed E-state index contributed by atoms with van der Waals surface area (Å²) < 4.78 is 13.3. The molecule has 1 unspecified atom stereocenters. The Bertz CT molecular complexity index is 1030. The maximum Gasteiger partial charge on any atom is 0.223 e. The van der Waals surface area contributed by atoms with Crippen LogP contribution in [0.2, 0.25) is 5.02 Å². The van der Waals surface area contributed by atoms with E-state index in [2.05, 4.69) is 23.1 Å². The number of hydrogen-bond acceptors (Lipinski definition) is 4. The molecule has 1 aliphatic heterocycles. The van der Waals surface area contributed by atoms with Crippen LogP contribution < -0.4 is 5.32 Å². The number of rotatable bonds is 7. The molecule has 0 spiro atoms. The molecule has 1 aliphatic carbocycles. The fraction of sp³-hybridized carbons (Fsp3) is 0.423. The number of carbonyl (C=O) groups is 1. The lowest BCUT2D eigenvalue weighted by Crippen LogP contribution is -2.56. The molecule has 2 aliphatic rings. The highest BCUT2D eigenvalue weighted by Crippen LogP contribution is 2.31. The van der Waals surface area contributed by atoms with Gasteiger partial charge < -0.3 is 10.2 Å². The Kier molecular flexibility index (Phi) is 7.18. The van der Waals surface area contributed by atoms with E-state index in [-0.39, 0.29) is 35.8 Å². The minimum atomic E-state index is -0.280. The van der Waals surface area contributed by atoms with Gasteiger partial charge >= 0.3 is 0 Å². The summed E-state index contributed by atoms with van der Waals surface area (Å²) in [6.45, 7) is 5.87. The summed E-state index contributed by atoms with van der Waals surface area (Å²) in [5.41, 5.74) is 2.49. The van der Waals surface area contributed by atoms with Gasteiger partial charge in [-0.1, -0.05) is 35.9 Å².